The van der Waals surface area contributed by atoms with Crippen molar-refractivity contribution in [2.24, 2.45) is 0 Å². The molecular formula is C22H23FN4O. The van der Waals surface area contributed by atoms with Crippen LogP contribution < -0.4 is 5.32 Å². The number of imidazole rings is 1. The number of likely N-dealkylation sites (N-methyl/N-ethyl adjacent to an activating group) is 1. The van der Waals surface area contributed by atoms with E-state index in [-0.39, 0.29) is 11.7 Å². The average Bonchev–Trinajstić information content (AvgIpc) is 3.06. The van der Waals surface area contributed by atoms with Crippen LogP contribution in [-0.4, -0.2) is 33.4 Å². The van der Waals surface area contributed by atoms with Crippen LogP contribution in [0.25, 0.3) is 11.0 Å². The SMILES string of the molecule is CCN(CC)C(=O)C1=C(C)Nc2nc3ccccc3n2[C@@H]1c1ccccc1F. The molecular weight excluding hydrogens is 355 g/mol. The molecule has 2 aromatic carbocycles. The topological polar surface area (TPSA) is 50.2 Å². The van der Waals surface area contributed by atoms with Crippen molar-refractivity contribution in [2.45, 2.75) is 26.8 Å². The van der Waals surface area contributed by atoms with Crippen LogP contribution in [0.2, 0.25) is 0 Å². The predicted octanol–water partition coefficient (Wildman–Crippen LogP) is 4.33. The number of carbonyl (C=O) groups excluding carboxylic acids is 1. The first-order chi connectivity index (χ1) is 13.6. The van der Waals surface area contributed by atoms with Crippen molar-refractivity contribution in [3.05, 3.63) is 71.2 Å². The summed E-state index contributed by atoms with van der Waals surface area (Å²) in [6.07, 6.45) is 0. The summed E-state index contributed by atoms with van der Waals surface area (Å²) in [5.41, 5.74) is 3.37. The first-order valence-electron chi connectivity index (χ1n) is 9.55. The van der Waals surface area contributed by atoms with Crippen molar-refractivity contribution >= 4 is 22.9 Å². The van der Waals surface area contributed by atoms with Gasteiger partial charge in [0.2, 0.25) is 5.95 Å². The molecule has 1 amide bonds. The molecule has 0 bridgehead atoms. The third kappa shape index (κ3) is 2.76. The summed E-state index contributed by atoms with van der Waals surface area (Å²) >= 11 is 0. The second-order valence-corrected chi connectivity index (χ2v) is 6.86. The lowest BCUT2D eigenvalue weighted by atomic mass is 9.93. The van der Waals surface area contributed by atoms with E-state index in [1.807, 2.05) is 49.6 Å². The number of benzene rings is 2. The third-order valence-corrected chi connectivity index (χ3v) is 5.31. The third-order valence-electron chi connectivity index (χ3n) is 5.31. The number of carbonyl (C=O) groups is 1. The highest BCUT2D eigenvalue weighted by Crippen LogP contribution is 2.40. The molecule has 0 fully saturated rings. The zero-order chi connectivity index (χ0) is 19.8. The highest BCUT2D eigenvalue weighted by molar-refractivity contribution is 5.97. The monoisotopic (exact) mass is 378 g/mol. The van der Waals surface area contributed by atoms with E-state index in [2.05, 4.69) is 10.3 Å². The molecule has 0 saturated heterocycles. The summed E-state index contributed by atoms with van der Waals surface area (Å²) in [7, 11) is 0. The second kappa shape index (κ2) is 7.11. The first kappa shape index (κ1) is 18.2. The quantitative estimate of drug-likeness (QED) is 0.735. The van der Waals surface area contributed by atoms with Gasteiger partial charge in [-0.15, -0.1) is 0 Å². The van der Waals surface area contributed by atoms with Crippen molar-refractivity contribution in [2.75, 3.05) is 18.4 Å². The zero-order valence-electron chi connectivity index (χ0n) is 16.2. The van der Waals surface area contributed by atoms with Gasteiger partial charge in [-0.05, 0) is 39.0 Å². The van der Waals surface area contributed by atoms with Crippen LogP contribution in [0.4, 0.5) is 10.3 Å². The Morgan fingerprint density at radius 3 is 2.54 bits per heavy atom. The van der Waals surface area contributed by atoms with Gasteiger partial charge in [0.15, 0.2) is 0 Å². The lowest BCUT2D eigenvalue weighted by Crippen LogP contribution is -2.38. The van der Waals surface area contributed by atoms with Crippen molar-refractivity contribution in [3.8, 4) is 0 Å². The van der Waals surface area contributed by atoms with Crippen molar-refractivity contribution < 1.29 is 9.18 Å². The number of rotatable bonds is 4. The van der Waals surface area contributed by atoms with Crippen LogP contribution in [0.5, 0.6) is 0 Å². The van der Waals surface area contributed by atoms with Gasteiger partial charge in [-0.1, -0.05) is 30.3 Å². The van der Waals surface area contributed by atoms with Gasteiger partial charge in [0, 0.05) is 24.4 Å². The molecule has 0 spiro atoms. The van der Waals surface area contributed by atoms with Crippen molar-refractivity contribution in [3.63, 3.8) is 0 Å². The summed E-state index contributed by atoms with van der Waals surface area (Å²) in [6, 6.07) is 13.8. The summed E-state index contributed by atoms with van der Waals surface area (Å²) in [6.45, 7) is 6.93. The van der Waals surface area contributed by atoms with E-state index in [0.717, 1.165) is 11.0 Å². The minimum Gasteiger partial charge on any atom is -0.339 e. The van der Waals surface area contributed by atoms with Crippen molar-refractivity contribution in [1.82, 2.24) is 14.5 Å². The fraction of sp³-hybridized carbons (Fsp3) is 0.273. The molecule has 1 aromatic heterocycles. The number of hydrogen-bond acceptors (Lipinski definition) is 3. The molecule has 144 valence electrons. The Kier molecular flexibility index (Phi) is 4.63. The molecule has 2 heterocycles. The Hall–Kier alpha value is -3.15. The van der Waals surface area contributed by atoms with Gasteiger partial charge in [-0.25, -0.2) is 9.37 Å². The summed E-state index contributed by atoms with van der Waals surface area (Å²) in [4.78, 5) is 19.8. The maximum absolute atomic E-state index is 14.9. The minimum absolute atomic E-state index is 0.0910. The first-order valence-corrected chi connectivity index (χ1v) is 9.55. The van der Waals surface area contributed by atoms with Gasteiger partial charge in [0.25, 0.3) is 5.91 Å². The van der Waals surface area contributed by atoms with Gasteiger partial charge in [-0.2, -0.15) is 0 Å². The molecule has 0 saturated carbocycles. The van der Waals surface area contributed by atoms with Crippen molar-refractivity contribution in [1.29, 1.82) is 0 Å². The van der Waals surface area contributed by atoms with Gasteiger partial charge in [-0.3, -0.25) is 9.36 Å². The number of hydrogen-bond donors (Lipinski definition) is 1. The zero-order valence-corrected chi connectivity index (χ0v) is 16.2. The van der Waals surface area contributed by atoms with Crippen LogP contribution in [0, 0.1) is 5.82 Å². The predicted molar refractivity (Wildman–Crippen MR) is 109 cm³/mol. The number of amides is 1. The number of aromatic nitrogens is 2. The van der Waals surface area contributed by atoms with Crippen LogP contribution in [0.1, 0.15) is 32.4 Å². The second-order valence-electron chi connectivity index (χ2n) is 6.86. The van der Waals surface area contributed by atoms with E-state index in [1.54, 1.807) is 23.1 Å². The van der Waals surface area contributed by atoms with E-state index in [0.29, 0.717) is 35.9 Å². The van der Waals surface area contributed by atoms with Crippen LogP contribution in [0.3, 0.4) is 0 Å². The van der Waals surface area contributed by atoms with E-state index in [4.69, 9.17) is 0 Å². The summed E-state index contributed by atoms with van der Waals surface area (Å²) in [5, 5.41) is 3.26. The van der Waals surface area contributed by atoms with E-state index >= 15 is 0 Å². The Labute approximate surface area is 163 Å². The average molecular weight is 378 g/mol. The molecule has 1 aliphatic rings. The van der Waals surface area contributed by atoms with Crippen LogP contribution in [-0.2, 0) is 4.79 Å². The molecule has 0 unspecified atom stereocenters. The smallest absolute Gasteiger partial charge is 0.253 e. The highest BCUT2D eigenvalue weighted by atomic mass is 19.1. The number of allylic oxidation sites excluding steroid dienone is 1. The van der Waals surface area contributed by atoms with Gasteiger partial charge < -0.3 is 10.2 Å². The lowest BCUT2D eigenvalue weighted by molar-refractivity contribution is -0.127. The number of para-hydroxylation sites is 2. The Balaban J connectivity index is 2.00. The van der Waals surface area contributed by atoms with Crippen LogP contribution in [0.15, 0.2) is 59.8 Å². The van der Waals surface area contributed by atoms with E-state index < -0.39 is 6.04 Å². The van der Waals surface area contributed by atoms with Gasteiger partial charge in [0.05, 0.1) is 22.6 Å². The lowest BCUT2D eigenvalue weighted by Gasteiger charge is -2.33. The fourth-order valence-corrected chi connectivity index (χ4v) is 3.91. The van der Waals surface area contributed by atoms with Crippen LogP contribution >= 0.6 is 0 Å². The molecule has 3 aromatic rings. The standard InChI is InChI=1S/C22H23FN4O/c1-4-26(5-2)21(28)19-14(3)24-22-25-17-12-8-9-13-18(17)27(22)20(19)15-10-6-7-11-16(15)23/h6-13,20H,4-5H2,1-3H3,(H,24,25)/t20-/m1/s1. The number of nitrogens with one attached hydrogen (secondary N) is 1. The number of halogens is 1. The number of fused-ring (bicyclic) bond motifs is 3. The normalized spacial score (nSPS) is 16.1. The van der Waals surface area contributed by atoms with E-state index in [1.165, 1.54) is 6.07 Å². The molecule has 0 aliphatic carbocycles. The molecule has 0 radical (unpaired) electrons. The molecule has 1 aliphatic heterocycles. The fourth-order valence-electron chi connectivity index (χ4n) is 3.91. The molecule has 5 nitrogen and oxygen atoms in total. The maximum atomic E-state index is 14.9. The largest absolute Gasteiger partial charge is 0.339 e. The highest BCUT2D eigenvalue weighted by Gasteiger charge is 2.36. The Morgan fingerprint density at radius 2 is 1.82 bits per heavy atom. The molecule has 6 heteroatoms. The summed E-state index contributed by atoms with van der Waals surface area (Å²) < 4.78 is 16.8. The molecule has 28 heavy (non-hydrogen) atoms. The Bertz CT molecular complexity index is 1080. The molecule has 4 rings (SSSR count). The van der Waals surface area contributed by atoms with E-state index in [9.17, 15) is 9.18 Å². The maximum Gasteiger partial charge on any atom is 0.253 e. The van der Waals surface area contributed by atoms with Gasteiger partial charge in [0.1, 0.15) is 5.82 Å². The minimum atomic E-state index is -0.585. The Morgan fingerprint density at radius 1 is 1.14 bits per heavy atom. The summed E-state index contributed by atoms with van der Waals surface area (Å²) in [5.74, 6) is 0.186. The van der Waals surface area contributed by atoms with Gasteiger partial charge >= 0.3 is 0 Å². The molecule has 1 atom stereocenters. The molecule has 1 N–H and O–H groups in total. The number of anilines is 1. The number of nitrogens with zero attached hydrogens (tertiary/aromatic N) is 3.